The van der Waals surface area contributed by atoms with Crippen LogP contribution in [0.15, 0.2) is 29.1 Å². The van der Waals surface area contributed by atoms with Crippen LogP contribution in [-0.4, -0.2) is 46.4 Å². The Labute approximate surface area is 158 Å². The van der Waals surface area contributed by atoms with Gasteiger partial charge in [-0.05, 0) is 61.3 Å². The number of carbonyl (C=O) groups is 1. The average Bonchev–Trinajstić information content (AvgIpc) is 3.26. The number of carbonyl (C=O) groups excluding carboxylic acids is 1. The summed E-state index contributed by atoms with van der Waals surface area (Å²) in [6.07, 6.45) is 5.90. The highest BCUT2D eigenvalue weighted by atomic mass is 32.1. The van der Waals surface area contributed by atoms with Crippen LogP contribution in [0.4, 0.5) is 0 Å². The van der Waals surface area contributed by atoms with E-state index in [0.29, 0.717) is 12.0 Å². The van der Waals surface area contributed by atoms with Crippen LogP contribution >= 0.6 is 11.3 Å². The molecular formula is C21H25N3OS. The van der Waals surface area contributed by atoms with Gasteiger partial charge in [-0.3, -0.25) is 9.69 Å². The molecule has 3 fully saturated rings. The fraction of sp³-hybridized carbons (Fsp3) is 0.524. The van der Waals surface area contributed by atoms with Gasteiger partial charge >= 0.3 is 0 Å². The van der Waals surface area contributed by atoms with E-state index < -0.39 is 0 Å². The summed E-state index contributed by atoms with van der Waals surface area (Å²) in [6, 6.07) is 6.74. The summed E-state index contributed by atoms with van der Waals surface area (Å²) in [6.45, 7) is 3.89. The minimum Gasteiger partial charge on any atom is -0.334 e. The standard InChI is InChI=1S/C21H25N3OS/c25-21(18-6-5-16-2-1-3-17(16)8-18)24-10-15-4-7-20(24)12-23(9-15)11-19-13-26-14-22-19/h5-6,8,13-15,20H,1-4,7,9-12H2/t15-,20+/m0/s1. The molecule has 0 radical (unpaired) electrons. The highest BCUT2D eigenvalue weighted by molar-refractivity contribution is 7.07. The lowest BCUT2D eigenvalue weighted by Crippen LogP contribution is -2.47. The van der Waals surface area contributed by atoms with E-state index >= 15 is 0 Å². The smallest absolute Gasteiger partial charge is 0.254 e. The summed E-state index contributed by atoms with van der Waals surface area (Å²) in [4.78, 5) is 22.4. The molecule has 1 aliphatic carbocycles. The Balaban J connectivity index is 1.34. The largest absolute Gasteiger partial charge is 0.334 e. The van der Waals surface area contributed by atoms with Crippen LogP contribution in [0.25, 0.3) is 0 Å². The molecule has 1 aromatic carbocycles. The van der Waals surface area contributed by atoms with E-state index in [-0.39, 0.29) is 5.91 Å². The third-order valence-corrected chi connectivity index (χ3v) is 6.90. The highest BCUT2D eigenvalue weighted by Crippen LogP contribution is 2.31. The predicted octanol–water partition coefficient (Wildman–Crippen LogP) is 3.37. The first-order chi connectivity index (χ1) is 12.8. The number of aryl methyl sites for hydroxylation is 2. The molecule has 26 heavy (non-hydrogen) atoms. The van der Waals surface area contributed by atoms with Crippen molar-refractivity contribution in [3.8, 4) is 0 Å². The normalized spacial score (nSPS) is 25.3. The summed E-state index contributed by atoms with van der Waals surface area (Å²) < 4.78 is 0. The summed E-state index contributed by atoms with van der Waals surface area (Å²) in [7, 11) is 0. The zero-order chi connectivity index (χ0) is 17.5. The second kappa shape index (κ2) is 6.78. The topological polar surface area (TPSA) is 36.4 Å². The minimum atomic E-state index is 0.241. The fourth-order valence-electron chi connectivity index (χ4n) is 4.97. The van der Waals surface area contributed by atoms with E-state index in [1.165, 1.54) is 30.4 Å². The van der Waals surface area contributed by atoms with Crippen molar-refractivity contribution >= 4 is 17.2 Å². The van der Waals surface area contributed by atoms with Gasteiger partial charge in [-0.25, -0.2) is 4.98 Å². The predicted molar refractivity (Wildman–Crippen MR) is 103 cm³/mol. The molecule has 2 bridgehead atoms. The summed E-state index contributed by atoms with van der Waals surface area (Å²) in [5.74, 6) is 0.829. The number of fused-ring (bicyclic) bond motifs is 5. The van der Waals surface area contributed by atoms with Gasteiger partial charge in [0, 0.05) is 43.2 Å². The van der Waals surface area contributed by atoms with Gasteiger partial charge in [0.2, 0.25) is 0 Å². The maximum Gasteiger partial charge on any atom is 0.254 e. The number of aromatic nitrogens is 1. The van der Waals surface area contributed by atoms with Crippen LogP contribution in [0.3, 0.4) is 0 Å². The molecule has 5 heteroatoms. The van der Waals surface area contributed by atoms with Crippen LogP contribution in [0.1, 0.15) is 46.4 Å². The first kappa shape index (κ1) is 16.5. The second-order valence-corrected chi connectivity index (χ2v) is 8.78. The zero-order valence-corrected chi connectivity index (χ0v) is 15.9. The van der Waals surface area contributed by atoms with Crippen molar-refractivity contribution in [2.24, 2.45) is 5.92 Å². The molecule has 3 aliphatic heterocycles. The Hall–Kier alpha value is -1.72. The van der Waals surface area contributed by atoms with Crippen LogP contribution in [0.2, 0.25) is 0 Å². The summed E-state index contributed by atoms with van der Waals surface area (Å²) in [5, 5.41) is 2.14. The van der Waals surface area contributed by atoms with Crippen LogP contribution < -0.4 is 0 Å². The lowest BCUT2D eigenvalue weighted by molar-refractivity contribution is 0.0585. The van der Waals surface area contributed by atoms with Gasteiger partial charge in [-0.1, -0.05) is 6.07 Å². The van der Waals surface area contributed by atoms with Crippen molar-refractivity contribution in [1.29, 1.82) is 0 Å². The number of amides is 1. The Bertz CT molecular complexity index is 804. The maximum absolute atomic E-state index is 13.3. The van der Waals surface area contributed by atoms with Gasteiger partial charge in [-0.15, -0.1) is 11.3 Å². The molecule has 4 aliphatic rings. The van der Waals surface area contributed by atoms with E-state index in [1.807, 2.05) is 5.51 Å². The van der Waals surface area contributed by atoms with Crippen LogP contribution in [0, 0.1) is 5.92 Å². The first-order valence-electron chi connectivity index (χ1n) is 9.78. The van der Waals surface area contributed by atoms with Gasteiger partial charge in [0.05, 0.1) is 11.2 Å². The quantitative estimate of drug-likeness (QED) is 0.835. The molecule has 136 valence electrons. The van der Waals surface area contributed by atoms with Gasteiger partial charge < -0.3 is 4.90 Å². The summed E-state index contributed by atoms with van der Waals surface area (Å²) in [5.41, 5.74) is 6.79. The summed E-state index contributed by atoms with van der Waals surface area (Å²) >= 11 is 1.66. The molecule has 2 aromatic rings. The van der Waals surface area contributed by atoms with E-state index in [1.54, 1.807) is 11.3 Å². The second-order valence-electron chi connectivity index (χ2n) is 8.07. The van der Waals surface area contributed by atoms with Gasteiger partial charge in [0.15, 0.2) is 0 Å². The number of rotatable bonds is 3. The average molecular weight is 368 g/mol. The zero-order valence-electron chi connectivity index (χ0n) is 15.1. The Morgan fingerprint density at radius 2 is 2.08 bits per heavy atom. The number of thiazole rings is 1. The van der Waals surface area contributed by atoms with Crippen molar-refractivity contribution in [1.82, 2.24) is 14.8 Å². The van der Waals surface area contributed by atoms with Crippen molar-refractivity contribution in [3.63, 3.8) is 0 Å². The number of hydrogen-bond donors (Lipinski definition) is 0. The maximum atomic E-state index is 13.3. The lowest BCUT2D eigenvalue weighted by Gasteiger charge is -2.36. The minimum absolute atomic E-state index is 0.241. The van der Waals surface area contributed by atoms with Crippen LogP contribution in [-0.2, 0) is 19.4 Å². The molecule has 1 aromatic heterocycles. The van der Waals surface area contributed by atoms with Crippen LogP contribution in [0.5, 0.6) is 0 Å². The number of hydrogen-bond acceptors (Lipinski definition) is 4. The molecular weight excluding hydrogens is 342 g/mol. The van der Waals surface area contributed by atoms with Crippen molar-refractivity contribution < 1.29 is 4.79 Å². The highest BCUT2D eigenvalue weighted by Gasteiger charge is 2.37. The third-order valence-electron chi connectivity index (χ3n) is 6.26. The molecule has 1 amide bonds. The molecule has 4 nitrogen and oxygen atoms in total. The third kappa shape index (κ3) is 3.08. The Morgan fingerprint density at radius 1 is 1.15 bits per heavy atom. The van der Waals surface area contributed by atoms with E-state index in [0.717, 1.165) is 50.3 Å². The van der Waals surface area contributed by atoms with Gasteiger partial charge in [-0.2, -0.15) is 0 Å². The fourth-order valence-corrected chi connectivity index (χ4v) is 5.52. The Morgan fingerprint density at radius 3 is 2.96 bits per heavy atom. The lowest BCUT2D eigenvalue weighted by atomic mass is 9.94. The van der Waals surface area contributed by atoms with Crippen molar-refractivity contribution in [3.05, 3.63) is 51.5 Å². The van der Waals surface area contributed by atoms with E-state index in [9.17, 15) is 4.79 Å². The first-order valence-corrected chi connectivity index (χ1v) is 10.7. The SMILES string of the molecule is O=C(c1ccc2c(c1)CCC2)N1C[C@H]2CC[C@@H]1CN(Cc1cscn1)C2. The molecule has 0 saturated carbocycles. The molecule has 0 unspecified atom stereocenters. The van der Waals surface area contributed by atoms with E-state index in [2.05, 4.69) is 38.4 Å². The van der Waals surface area contributed by atoms with Crippen molar-refractivity contribution in [2.45, 2.75) is 44.7 Å². The molecule has 2 atom stereocenters. The number of benzene rings is 1. The molecule has 0 spiro atoms. The molecule has 6 rings (SSSR count). The number of piperidine rings is 1. The number of nitrogens with zero attached hydrogens (tertiary/aromatic N) is 3. The monoisotopic (exact) mass is 367 g/mol. The van der Waals surface area contributed by atoms with E-state index in [4.69, 9.17) is 0 Å². The molecule has 3 saturated heterocycles. The van der Waals surface area contributed by atoms with Crippen molar-refractivity contribution in [2.75, 3.05) is 19.6 Å². The molecule has 0 N–H and O–H groups in total. The van der Waals surface area contributed by atoms with Gasteiger partial charge in [0.1, 0.15) is 0 Å². The van der Waals surface area contributed by atoms with Gasteiger partial charge in [0.25, 0.3) is 5.91 Å². The molecule has 4 heterocycles. The Kier molecular flexibility index (Phi) is 4.29.